The van der Waals surface area contributed by atoms with Crippen molar-refractivity contribution in [3.05, 3.63) is 89.0 Å². The van der Waals surface area contributed by atoms with Crippen molar-refractivity contribution in [3.63, 3.8) is 0 Å². The highest BCUT2D eigenvalue weighted by Gasteiger charge is 2.19. The van der Waals surface area contributed by atoms with E-state index in [4.69, 9.17) is 19.3 Å². The van der Waals surface area contributed by atoms with Gasteiger partial charge in [0.2, 0.25) is 0 Å². The summed E-state index contributed by atoms with van der Waals surface area (Å²) in [5.41, 5.74) is 1.90. The Kier molecular flexibility index (Phi) is 15.5. The average molecular weight is 587 g/mol. The Morgan fingerprint density at radius 1 is 0.833 bits per heavy atom. The van der Waals surface area contributed by atoms with E-state index in [1.165, 1.54) is 12.5 Å². The van der Waals surface area contributed by atoms with E-state index < -0.39 is 30.2 Å². The second-order valence-corrected chi connectivity index (χ2v) is 10.5. The molecule has 0 saturated heterocycles. The van der Waals surface area contributed by atoms with Crippen molar-refractivity contribution in [2.24, 2.45) is 5.92 Å². The Morgan fingerprint density at radius 2 is 1.43 bits per heavy atom. The van der Waals surface area contributed by atoms with Crippen molar-refractivity contribution < 1.29 is 37.7 Å². The zero-order chi connectivity index (χ0) is 30.9. The predicted molar refractivity (Wildman–Crippen MR) is 159 cm³/mol. The molecule has 0 heterocycles. The molecule has 230 valence electrons. The molecule has 0 aromatic heterocycles. The molecular weight excluding hydrogens is 542 g/mol. The minimum atomic E-state index is -0.888. The standard InChI is InChI=1S/C34H44F2O6/c1-5-6-19-40-30-15-11-26(12-16-30)9-7-8-10-28-13-14-29(32(36)31(28)35)22-27(17-20-41-33(38)24(2)3)18-21-42-34(39)25(4)23-37/h11-16,27,37H,2,4-10,17-23H2,1,3H3. The van der Waals surface area contributed by atoms with E-state index >= 15 is 4.39 Å². The van der Waals surface area contributed by atoms with Crippen LogP contribution in [0, 0.1) is 17.6 Å². The molecular formula is C34H44F2O6. The molecule has 0 aliphatic rings. The maximum atomic E-state index is 15.1. The van der Waals surface area contributed by atoms with Crippen LogP contribution in [0.2, 0.25) is 0 Å². The van der Waals surface area contributed by atoms with Gasteiger partial charge in [-0.1, -0.05) is 50.8 Å². The second kappa shape index (κ2) is 18.8. The van der Waals surface area contributed by atoms with Gasteiger partial charge in [-0.05, 0) is 93.0 Å². The van der Waals surface area contributed by atoms with Crippen molar-refractivity contribution in [1.82, 2.24) is 0 Å². The first kappa shape index (κ1) is 34.7. The second-order valence-electron chi connectivity index (χ2n) is 10.5. The average Bonchev–Trinajstić information content (AvgIpc) is 2.98. The Bertz CT molecular complexity index is 1180. The van der Waals surface area contributed by atoms with Crippen molar-refractivity contribution >= 4 is 11.9 Å². The van der Waals surface area contributed by atoms with Gasteiger partial charge in [0.25, 0.3) is 0 Å². The monoisotopic (exact) mass is 586 g/mol. The van der Waals surface area contributed by atoms with E-state index in [1.807, 2.05) is 24.3 Å². The number of esters is 2. The lowest BCUT2D eigenvalue weighted by molar-refractivity contribution is -0.139. The molecule has 2 rings (SSSR count). The third kappa shape index (κ3) is 12.1. The molecule has 1 atom stereocenters. The van der Waals surface area contributed by atoms with Crippen LogP contribution in [0.3, 0.4) is 0 Å². The third-order valence-electron chi connectivity index (χ3n) is 6.95. The minimum Gasteiger partial charge on any atom is -0.494 e. The predicted octanol–water partition coefficient (Wildman–Crippen LogP) is 6.86. The van der Waals surface area contributed by atoms with E-state index in [0.717, 1.165) is 31.4 Å². The molecule has 1 N–H and O–H groups in total. The maximum absolute atomic E-state index is 15.1. The lowest BCUT2D eigenvalue weighted by atomic mass is 9.92. The summed E-state index contributed by atoms with van der Waals surface area (Å²) in [4.78, 5) is 23.5. The smallest absolute Gasteiger partial charge is 0.335 e. The number of unbranched alkanes of at least 4 members (excludes halogenated alkanes) is 2. The summed E-state index contributed by atoms with van der Waals surface area (Å²) in [7, 11) is 0. The number of aliphatic hydroxyl groups excluding tert-OH is 1. The largest absolute Gasteiger partial charge is 0.494 e. The van der Waals surface area contributed by atoms with E-state index in [9.17, 15) is 14.0 Å². The van der Waals surface area contributed by atoms with E-state index in [1.54, 1.807) is 12.1 Å². The van der Waals surface area contributed by atoms with Crippen LogP contribution in [0.15, 0.2) is 60.7 Å². The molecule has 6 nitrogen and oxygen atoms in total. The highest BCUT2D eigenvalue weighted by atomic mass is 19.2. The van der Waals surface area contributed by atoms with Crippen LogP contribution in [-0.2, 0) is 38.3 Å². The Balaban J connectivity index is 1.93. The van der Waals surface area contributed by atoms with E-state index in [0.29, 0.717) is 37.9 Å². The number of carbonyl (C=O) groups is 2. The molecule has 0 aliphatic heterocycles. The molecule has 0 radical (unpaired) electrons. The Hall–Kier alpha value is -3.52. The number of rotatable bonds is 20. The van der Waals surface area contributed by atoms with Gasteiger partial charge in [-0.3, -0.25) is 0 Å². The van der Waals surface area contributed by atoms with E-state index in [-0.39, 0.29) is 42.3 Å². The van der Waals surface area contributed by atoms with Crippen LogP contribution in [0.25, 0.3) is 0 Å². The van der Waals surface area contributed by atoms with Gasteiger partial charge in [0.05, 0.1) is 32.0 Å². The van der Waals surface area contributed by atoms with Crippen LogP contribution in [0.1, 0.15) is 69.1 Å². The highest BCUT2D eigenvalue weighted by Crippen LogP contribution is 2.24. The summed E-state index contributed by atoms with van der Waals surface area (Å²) >= 11 is 0. The number of hydrogen-bond acceptors (Lipinski definition) is 6. The molecule has 42 heavy (non-hydrogen) atoms. The molecule has 2 aromatic rings. The van der Waals surface area contributed by atoms with Crippen LogP contribution < -0.4 is 4.74 Å². The number of benzene rings is 2. The summed E-state index contributed by atoms with van der Waals surface area (Å²) in [5.74, 6) is -2.40. The van der Waals surface area contributed by atoms with Gasteiger partial charge in [-0.15, -0.1) is 0 Å². The normalized spacial score (nSPS) is 11.5. The zero-order valence-electron chi connectivity index (χ0n) is 24.9. The highest BCUT2D eigenvalue weighted by molar-refractivity contribution is 5.88. The fourth-order valence-corrected chi connectivity index (χ4v) is 4.30. The number of halogens is 2. The summed E-state index contributed by atoms with van der Waals surface area (Å²) in [6.45, 7) is 10.9. The fourth-order valence-electron chi connectivity index (χ4n) is 4.30. The maximum Gasteiger partial charge on any atom is 0.335 e. The number of ether oxygens (including phenoxy) is 3. The first-order chi connectivity index (χ1) is 20.2. The first-order valence-electron chi connectivity index (χ1n) is 14.6. The molecule has 0 fully saturated rings. The SMILES string of the molecule is C=C(C)C(=O)OCCC(CCOC(=O)C(=C)CO)Cc1ccc(CCCCc2ccc(OCCCC)cc2)c(F)c1F. The van der Waals surface area contributed by atoms with Gasteiger partial charge in [-0.2, -0.15) is 0 Å². The Labute approximate surface area is 248 Å². The number of hydrogen-bond donors (Lipinski definition) is 1. The van der Waals surface area contributed by atoms with Gasteiger partial charge in [0, 0.05) is 5.57 Å². The molecule has 0 bridgehead atoms. The molecule has 1 unspecified atom stereocenters. The summed E-state index contributed by atoms with van der Waals surface area (Å²) < 4.78 is 46.1. The topological polar surface area (TPSA) is 82.1 Å². The molecule has 0 aliphatic carbocycles. The molecule has 8 heteroatoms. The van der Waals surface area contributed by atoms with Crippen molar-refractivity contribution in [2.75, 3.05) is 26.4 Å². The fraction of sp³-hybridized carbons (Fsp3) is 0.471. The minimum absolute atomic E-state index is 0.00620. The quantitative estimate of drug-likeness (QED) is 0.104. The van der Waals surface area contributed by atoms with Crippen LogP contribution in [-0.4, -0.2) is 43.5 Å². The number of carbonyl (C=O) groups excluding carboxylic acids is 2. The Morgan fingerprint density at radius 3 is 2.05 bits per heavy atom. The molecule has 0 saturated carbocycles. The van der Waals surface area contributed by atoms with Crippen LogP contribution >= 0.6 is 0 Å². The van der Waals surface area contributed by atoms with Gasteiger partial charge in [0.1, 0.15) is 5.75 Å². The number of aliphatic hydroxyl groups is 1. The van der Waals surface area contributed by atoms with Gasteiger partial charge in [0.15, 0.2) is 11.6 Å². The lowest BCUT2D eigenvalue weighted by Gasteiger charge is -2.18. The molecule has 0 spiro atoms. The summed E-state index contributed by atoms with van der Waals surface area (Å²) in [5, 5.41) is 9.02. The summed E-state index contributed by atoms with van der Waals surface area (Å²) in [6.07, 6.45) is 5.77. The number of aryl methyl sites for hydroxylation is 2. The summed E-state index contributed by atoms with van der Waals surface area (Å²) in [6, 6.07) is 11.2. The van der Waals surface area contributed by atoms with Crippen molar-refractivity contribution in [2.45, 2.75) is 71.6 Å². The first-order valence-corrected chi connectivity index (χ1v) is 14.6. The zero-order valence-corrected chi connectivity index (χ0v) is 24.9. The van der Waals surface area contributed by atoms with Gasteiger partial charge >= 0.3 is 11.9 Å². The third-order valence-corrected chi connectivity index (χ3v) is 6.95. The molecule has 0 amide bonds. The van der Waals surface area contributed by atoms with Crippen molar-refractivity contribution in [3.8, 4) is 5.75 Å². The van der Waals surface area contributed by atoms with Gasteiger partial charge in [-0.25, -0.2) is 18.4 Å². The van der Waals surface area contributed by atoms with Gasteiger partial charge < -0.3 is 19.3 Å². The lowest BCUT2D eigenvalue weighted by Crippen LogP contribution is -2.17. The van der Waals surface area contributed by atoms with Crippen molar-refractivity contribution in [1.29, 1.82) is 0 Å². The molecule has 2 aromatic carbocycles. The van der Waals surface area contributed by atoms with E-state index in [2.05, 4.69) is 20.1 Å². The van der Waals surface area contributed by atoms with Crippen LogP contribution in [0.5, 0.6) is 5.75 Å². The van der Waals surface area contributed by atoms with Crippen LogP contribution in [0.4, 0.5) is 8.78 Å².